The number of nitrogens with zero attached hydrogens (tertiary/aromatic N) is 2. The fraction of sp³-hybridized carbons (Fsp3) is 0.357. The van der Waals surface area contributed by atoms with Gasteiger partial charge in [-0.25, -0.2) is 0 Å². The maximum atomic E-state index is 11.6. The molecule has 100 valence electrons. The van der Waals surface area contributed by atoms with Crippen molar-refractivity contribution in [3.63, 3.8) is 0 Å². The van der Waals surface area contributed by atoms with E-state index in [0.717, 1.165) is 5.56 Å². The Bertz CT molecular complexity index is 549. The van der Waals surface area contributed by atoms with Crippen LogP contribution < -0.4 is 5.32 Å². The Labute approximate surface area is 112 Å². The minimum Gasteiger partial charge on any atom is -0.344 e. The van der Waals surface area contributed by atoms with Crippen molar-refractivity contribution < 1.29 is 9.32 Å². The van der Waals surface area contributed by atoms with Crippen molar-refractivity contribution in [2.45, 2.75) is 26.8 Å². The van der Waals surface area contributed by atoms with Gasteiger partial charge in [-0.2, -0.15) is 4.98 Å². The van der Waals surface area contributed by atoms with E-state index < -0.39 is 0 Å². The average Bonchev–Trinajstić information content (AvgIpc) is 2.89. The number of hydrogen-bond donors (Lipinski definition) is 1. The molecule has 0 saturated carbocycles. The Kier molecular flexibility index (Phi) is 3.94. The molecule has 1 heterocycles. The summed E-state index contributed by atoms with van der Waals surface area (Å²) in [6, 6.07) is 9.28. The number of nitrogens with one attached hydrogen (secondary N) is 1. The second kappa shape index (κ2) is 5.65. The highest BCUT2D eigenvalue weighted by atomic mass is 16.5. The molecule has 5 nitrogen and oxygen atoms in total. The predicted octanol–water partition coefficient (Wildman–Crippen LogP) is 2.57. The molecule has 0 unspecified atom stereocenters. The van der Waals surface area contributed by atoms with Crippen LogP contribution in [0.15, 0.2) is 34.9 Å². The van der Waals surface area contributed by atoms with Gasteiger partial charge in [-0.15, -0.1) is 0 Å². The van der Waals surface area contributed by atoms with Crippen molar-refractivity contribution >= 4 is 5.91 Å². The molecule has 1 N–H and O–H groups in total. The van der Waals surface area contributed by atoms with Crippen molar-refractivity contribution in [1.82, 2.24) is 15.5 Å². The zero-order chi connectivity index (χ0) is 13.8. The summed E-state index contributed by atoms with van der Waals surface area (Å²) >= 11 is 0. The molecule has 0 bridgehead atoms. The first-order valence-corrected chi connectivity index (χ1v) is 6.27. The third-order valence-electron chi connectivity index (χ3n) is 2.73. The maximum absolute atomic E-state index is 11.6. The van der Waals surface area contributed by atoms with E-state index in [9.17, 15) is 4.79 Å². The lowest BCUT2D eigenvalue weighted by Gasteiger charge is -2.11. The Morgan fingerprint density at radius 1 is 1.21 bits per heavy atom. The van der Waals surface area contributed by atoms with Gasteiger partial charge < -0.3 is 9.84 Å². The number of benzene rings is 1. The first kappa shape index (κ1) is 13.3. The predicted molar refractivity (Wildman–Crippen MR) is 71.1 cm³/mol. The minimum absolute atomic E-state index is 0.0352. The molecule has 2 aromatic rings. The number of aromatic nitrogens is 2. The summed E-state index contributed by atoms with van der Waals surface area (Å²) in [5, 5.41) is 6.75. The SMILES string of the molecule is CC(C)C(=O)N[C@@H](C)c1nc(-c2ccccc2)no1. The van der Waals surface area contributed by atoms with Gasteiger partial charge in [0.15, 0.2) is 0 Å². The average molecular weight is 259 g/mol. The highest BCUT2D eigenvalue weighted by Crippen LogP contribution is 2.18. The van der Waals surface area contributed by atoms with Crippen LogP contribution in [0.4, 0.5) is 0 Å². The van der Waals surface area contributed by atoms with Gasteiger partial charge >= 0.3 is 0 Å². The molecule has 0 saturated heterocycles. The summed E-state index contributed by atoms with van der Waals surface area (Å²) in [7, 11) is 0. The highest BCUT2D eigenvalue weighted by molar-refractivity contribution is 5.78. The second-order valence-electron chi connectivity index (χ2n) is 4.71. The van der Waals surface area contributed by atoms with E-state index in [1.54, 1.807) is 0 Å². The van der Waals surface area contributed by atoms with Crippen molar-refractivity contribution in [3.05, 3.63) is 36.2 Å². The zero-order valence-electron chi connectivity index (χ0n) is 11.3. The quantitative estimate of drug-likeness (QED) is 0.916. The van der Waals surface area contributed by atoms with E-state index in [2.05, 4.69) is 15.5 Å². The molecule has 19 heavy (non-hydrogen) atoms. The number of carbonyl (C=O) groups is 1. The zero-order valence-corrected chi connectivity index (χ0v) is 11.3. The molecule has 0 aliphatic rings. The molecule has 0 aliphatic carbocycles. The molecule has 2 rings (SSSR count). The monoisotopic (exact) mass is 259 g/mol. The van der Waals surface area contributed by atoms with E-state index in [-0.39, 0.29) is 17.9 Å². The summed E-state index contributed by atoms with van der Waals surface area (Å²) in [5.41, 5.74) is 0.889. The van der Waals surface area contributed by atoms with Crippen LogP contribution in [-0.2, 0) is 4.79 Å². The lowest BCUT2D eigenvalue weighted by molar-refractivity contribution is -0.124. The number of hydrogen-bond acceptors (Lipinski definition) is 4. The van der Waals surface area contributed by atoms with E-state index in [0.29, 0.717) is 11.7 Å². The van der Waals surface area contributed by atoms with Crippen LogP contribution in [0.1, 0.15) is 32.7 Å². The van der Waals surface area contributed by atoms with Crippen molar-refractivity contribution in [1.29, 1.82) is 0 Å². The summed E-state index contributed by atoms with van der Waals surface area (Å²) in [6.07, 6.45) is 0. The van der Waals surface area contributed by atoms with Crippen LogP contribution in [0, 0.1) is 5.92 Å². The Morgan fingerprint density at radius 3 is 2.53 bits per heavy atom. The fourth-order valence-electron chi connectivity index (χ4n) is 1.56. The van der Waals surface area contributed by atoms with E-state index >= 15 is 0 Å². The van der Waals surface area contributed by atoms with E-state index in [1.807, 2.05) is 51.1 Å². The lowest BCUT2D eigenvalue weighted by Crippen LogP contribution is -2.30. The minimum atomic E-state index is -0.292. The molecule has 0 aliphatic heterocycles. The Hall–Kier alpha value is -2.17. The number of rotatable bonds is 4. The van der Waals surface area contributed by atoms with Gasteiger partial charge in [0.05, 0.1) is 0 Å². The summed E-state index contributed by atoms with van der Waals surface area (Å²) in [6.45, 7) is 5.50. The summed E-state index contributed by atoms with van der Waals surface area (Å²) in [5.74, 6) is 0.833. The van der Waals surface area contributed by atoms with Gasteiger partial charge in [0.25, 0.3) is 0 Å². The van der Waals surface area contributed by atoms with Crippen LogP contribution in [0.2, 0.25) is 0 Å². The van der Waals surface area contributed by atoms with Crippen LogP contribution in [-0.4, -0.2) is 16.0 Å². The summed E-state index contributed by atoms with van der Waals surface area (Å²) < 4.78 is 5.19. The van der Waals surface area contributed by atoms with E-state index in [4.69, 9.17) is 4.52 Å². The van der Waals surface area contributed by atoms with Crippen molar-refractivity contribution in [2.75, 3.05) is 0 Å². The Balaban J connectivity index is 2.11. The van der Waals surface area contributed by atoms with Crippen LogP contribution in [0.25, 0.3) is 11.4 Å². The van der Waals surface area contributed by atoms with Crippen LogP contribution in [0.3, 0.4) is 0 Å². The molecule has 1 aromatic heterocycles. The van der Waals surface area contributed by atoms with E-state index in [1.165, 1.54) is 0 Å². The normalized spacial score (nSPS) is 12.4. The molecular weight excluding hydrogens is 242 g/mol. The van der Waals surface area contributed by atoms with Crippen LogP contribution >= 0.6 is 0 Å². The Morgan fingerprint density at radius 2 is 1.89 bits per heavy atom. The summed E-state index contributed by atoms with van der Waals surface area (Å²) in [4.78, 5) is 15.9. The molecule has 1 aromatic carbocycles. The smallest absolute Gasteiger partial charge is 0.249 e. The fourth-order valence-corrected chi connectivity index (χ4v) is 1.56. The van der Waals surface area contributed by atoms with Gasteiger partial charge in [0.1, 0.15) is 6.04 Å². The largest absolute Gasteiger partial charge is 0.344 e. The van der Waals surface area contributed by atoms with Crippen LogP contribution in [0.5, 0.6) is 0 Å². The molecule has 5 heteroatoms. The molecular formula is C14H17N3O2. The molecule has 1 atom stereocenters. The lowest BCUT2D eigenvalue weighted by atomic mass is 10.2. The molecule has 0 radical (unpaired) electrons. The molecule has 0 fully saturated rings. The van der Waals surface area contributed by atoms with Gasteiger partial charge in [0, 0.05) is 11.5 Å². The van der Waals surface area contributed by atoms with Crippen molar-refractivity contribution in [3.8, 4) is 11.4 Å². The van der Waals surface area contributed by atoms with Gasteiger partial charge in [-0.1, -0.05) is 49.3 Å². The second-order valence-corrected chi connectivity index (χ2v) is 4.71. The van der Waals surface area contributed by atoms with Gasteiger partial charge in [0.2, 0.25) is 17.6 Å². The first-order chi connectivity index (χ1) is 9.08. The molecule has 1 amide bonds. The highest BCUT2D eigenvalue weighted by Gasteiger charge is 2.18. The number of carbonyl (C=O) groups excluding carboxylic acids is 1. The third-order valence-corrected chi connectivity index (χ3v) is 2.73. The van der Waals surface area contributed by atoms with Crippen molar-refractivity contribution in [2.24, 2.45) is 5.92 Å². The van der Waals surface area contributed by atoms with Gasteiger partial charge in [-0.05, 0) is 6.92 Å². The third kappa shape index (κ3) is 3.19. The first-order valence-electron chi connectivity index (χ1n) is 6.27. The topological polar surface area (TPSA) is 68.0 Å². The standard InChI is InChI=1S/C14H17N3O2/c1-9(2)13(18)15-10(3)14-16-12(17-19-14)11-7-5-4-6-8-11/h4-10H,1-3H3,(H,15,18)/t10-/m0/s1. The van der Waals surface area contributed by atoms with Gasteiger partial charge in [-0.3, -0.25) is 4.79 Å². The molecule has 0 spiro atoms. The maximum Gasteiger partial charge on any atom is 0.249 e. The number of amides is 1.